The van der Waals surface area contributed by atoms with Crippen LogP contribution in [0, 0.1) is 38.9 Å². The Bertz CT molecular complexity index is 2390. The highest BCUT2D eigenvalue weighted by molar-refractivity contribution is 6.03. The van der Waals surface area contributed by atoms with Gasteiger partial charge in [0.05, 0.1) is 0 Å². The van der Waals surface area contributed by atoms with E-state index in [4.69, 9.17) is 28.4 Å². The third-order valence-electron chi connectivity index (χ3n) is 17.2. The Morgan fingerprint density at radius 2 is 1.37 bits per heavy atom. The number of fused-ring (bicyclic) bond motifs is 6. The Labute approximate surface area is 371 Å². The number of unbranched alkanes of at least 4 members (excludes halogenated alkanes) is 2. The molecule has 9 rings (SSSR count). The van der Waals surface area contributed by atoms with E-state index in [0.29, 0.717) is 36.7 Å². The number of carboxylic acid groups (broad SMARTS) is 1. The number of hydrogen-bond donors (Lipinski definition) is 1. The molecule has 2 aliphatic heterocycles. The quantitative estimate of drug-likeness (QED) is 0.0679. The number of aliphatic carboxylic acids is 1. The van der Waals surface area contributed by atoms with Gasteiger partial charge in [-0.05, 0) is 115 Å². The van der Waals surface area contributed by atoms with Gasteiger partial charge in [0.2, 0.25) is 0 Å². The second-order valence-corrected chi connectivity index (χ2v) is 20.7. The molecular formula is C52H63NO10. The van der Waals surface area contributed by atoms with Gasteiger partial charge in [-0.15, -0.1) is 0 Å². The number of carbonyl (C=O) groups is 3. The fourth-order valence-corrected chi connectivity index (χ4v) is 12.9. The second kappa shape index (κ2) is 15.1. The summed E-state index contributed by atoms with van der Waals surface area (Å²) in [4.78, 5) is 43.1. The first-order valence-corrected chi connectivity index (χ1v) is 22.9. The van der Waals surface area contributed by atoms with E-state index in [-0.39, 0.29) is 58.2 Å². The van der Waals surface area contributed by atoms with Crippen LogP contribution in [0.2, 0.25) is 0 Å². The molecule has 6 aliphatic rings. The van der Waals surface area contributed by atoms with Gasteiger partial charge in [-0.2, -0.15) is 0 Å². The van der Waals surface area contributed by atoms with Gasteiger partial charge in [0.1, 0.15) is 42.0 Å². The molecule has 0 aromatic heterocycles. The van der Waals surface area contributed by atoms with E-state index >= 15 is 0 Å². The van der Waals surface area contributed by atoms with E-state index in [1.165, 1.54) is 19.3 Å². The summed E-state index contributed by atoms with van der Waals surface area (Å²) in [6.07, 6.45) is 5.39. The molecule has 4 fully saturated rings. The van der Waals surface area contributed by atoms with E-state index in [1.54, 1.807) is 31.4 Å². The molecule has 7 atom stereocenters. The van der Waals surface area contributed by atoms with E-state index < -0.39 is 29.1 Å². The molecule has 336 valence electrons. The maximum atomic E-state index is 14.0. The number of methoxy groups -OCH3 is 1. The molecule has 2 heterocycles. The van der Waals surface area contributed by atoms with Crippen LogP contribution in [0.3, 0.4) is 0 Å². The molecule has 4 aliphatic carbocycles. The molecule has 3 aromatic rings. The standard InChI is InChI=1S/C52H63NO10/c1-10-11-12-25-53(8)26-27-59-32-15-13-31(14-16-32)41-40-36-20-18-33(61-45(56)51(44(54)55)23-21-49(6)42(51)47(49,2)3)28-38(36)60-30-37(40)35-19-17-34(29-39(35)63-41)62-46(57)52(58-9)24-22-50(7)43(52)48(50,4)5/h13-20,28-29,41-43H,10-12,21-27,30H2,1-9H3,(H,54,55)/t41-,42?,43?,49?,50?,51?,52?/m0/s1. The van der Waals surface area contributed by atoms with Gasteiger partial charge in [0.25, 0.3) is 0 Å². The number of carbonyl (C=O) groups excluding carboxylic acids is 2. The van der Waals surface area contributed by atoms with Crippen LogP contribution in [-0.2, 0) is 19.1 Å². The third kappa shape index (κ3) is 6.45. The average molecular weight is 862 g/mol. The molecule has 11 nitrogen and oxygen atoms in total. The van der Waals surface area contributed by atoms with Gasteiger partial charge in [-0.3, -0.25) is 9.59 Å². The monoisotopic (exact) mass is 861 g/mol. The molecular weight excluding hydrogens is 799 g/mol. The lowest BCUT2D eigenvalue weighted by molar-refractivity contribution is -0.165. The SMILES string of the molecule is CCCCCN(C)CCOc1ccc([C@@H]2Oc3cc(OC(=O)C4(OC)CCC5(C)C4C5(C)C)ccc3C3=C2c2ccc(OC(=O)C4(C(=O)O)CCC5(C)C4C5(C)C)cc2OC3)cc1. The number of benzene rings is 3. The summed E-state index contributed by atoms with van der Waals surface area (Å²) < 4.78 is 37.7. The molecule has 63 heavy (non-hydrogen) atoms. The maximum Gasteiger partial charge on any atom is 0.344 e. The minimum Gasteiger partial charge on any atom is -0.492 e. The topological polar surface area (TPSA) is 130 Å². The zero-order valence-corrected chi connectivity index (χ0v) is 38.4. The summed E-state index contributed by atoms with van der Waals surface area (Å²) in [5.74, 6) is -0.121. The number of nitrogens with zero attached hydrogens (tertiary/aromatic N) is 1. The van der Waals surface area contributed by atoms with Crippen molar-refractivity contribution in [3.63, 3.8) is 0 Å². The van der Waals surface area contributed by atoms with Gasteiger partial charge in [0.15, 0.2) is 17.1 Å². The van der Waals surface area contributed by atoms with Crippen LogP contribution in [0.5, 0.6) is 28.7 Å². The highest BCUT2D eigenvalue weighted by Crippen LogP contribution is 2.82. The van der Waals surface area contributed by atoms with Crippen LogP contribution in [0.25, 0.3) is 11.1 Å². The molecule has 0 bridgehead atoms. The van der Waals surface area contributed by atoms with Gasteiger partial charge in [-0.1, -0.05) is 73.4 Å². The van der Waals surface area contributed by atoms with Gasteiger partial charge < -0.3 is 38.4 Å². The Hall–Kier alpha value is -4.87. The third-order valence-corrected chi connectivity index (χ3v) is 17.2. The smallest absolute Gasteiger partial charge is 0.344 e. The number of likely N-dealkylation sites (N-methyl/N-ethyl adjacent to an activating group) is 1. The molecule has 11 heteroatoms. The van der Waals surface area contributed by atoms with Crippen molar-refractivity contribution >= 4 is 29.1 Å². The minimum atomic E-state index is -1.61. The van der Waals surface area contributed by atoms with E-state index in [1.807, 2.05) is 50.2 Å². The van der Waals surface area contributed by atoms with E-state index in [2.05, 4.69) is 46.6 Å². The molecule has 0 amide bonds. The Morgan fingerprint density at radius 1 is 0.746 bits per heavy atom. The predicted molar refractivity (Wildman–Crippen MR) is 238 cm³/mol. The summed E-state index contributed by atoms with van der Waals surface area (Å²) in [5.41, 5.74) is 1.09. The molecule has 3 aromatic carbocycles. The second-order valence-electron chi connectivity index (χ2n) is 20.7. The van der Waals surface area contributed by atoms with Gasteiger partial charge >= 0.3 is 17.9 Å². The molecule has 4 saturated carbocycles. The van der Waals surface area contributed by atoms with Gasteiger partial charge in [0, 0.05) is 54.0 Å². The normalized spacial score (nSPS) is 31.0. The van der Waals surface area contributed by atoms with Crippen LogP contribution in [0.4, 0.5) is 0 Å². The van der Waals surface area contributed by atoms with E-state index in [0.717, 1.165) is 53.1 Å². The minimum absolute atomic E-state index is 0.0223. The number of ether oxygens (including phenoxy) is 6. The molecule has 0 spiro atoms. The maximum absolute atomic E-state index is 14.0. The van der Waals surface area contributed by atoms with Crippen molar-refractivity contribution in [2.75, 3.05) is 40.5 Å². The lowest BCUT2D eigenvalue weighted by Crippen LogP contribution is -2.45. The summed E-state index contributed by atoms with van der Waals surface area (Å²) in [6.45, 7) is 17.6. The van der Waals surface area contributed by atoms with Crippen LogP contribution in [0.15, 0.2) is 60.7 Å². The first-order valence-electron chi connectivity index (χ1n) is 22.9. The lowest BCUT2D eigenvalue weighted by Gasteiger charge is -2.35. The first-order chi connectivity index (χ1) is 29.9. The van der Waals surface area contributed by atoms with Crippen molar-refractivity contribution in [1.29, 1.82) is 0 Å². The average Bonchev–Trinajstić information content (AvgIpc) is 3.63. The van der Waals surface area contributed by atoms with Crippen molar-refractivity contribution in [3.8, 4) is 28.7 Å². The number of carboxylic acids is 1. The Morgan fingerprint density at radius 3 is 1.98 bits per heavy atom. The number of rotatable bonds is 15. The highest BCUT2D eigenvalue weighted by atomic mass is 16.6. The highest BCUT2D eigenvalue weighted by Gasteiger charge is 2.83. The van der Waals surface area contributed by atoms with Crippen molar-refractivity contribution in [2.45, 2.75) is 105 Å². The van der Waals surface area contributed by atoms with Crippen molar-refractivity contribution in [1.82, 2.24) is 4.90 Å². The summed E-state index contributed by atoms with van der Waals surface area (Å²) in [6, 6.07) is 18.6. The van der Waals surface area contributed by atoms with E-state index in [9.17, 15) is 19.5 Å². The predicted octanol–water partition coefficient (Wildman–Crippen LogP) is 9.80. The van der Waals surface area contributed by atoms with Crippen LogP contribution in [-0.4, -0.2) is 74.0 Å². The van der Waals surface area contributed by atoms with Crippen molar-refractivity contribution in [2.24, 2.45) is 38.9 Å². The van der Waals surface area contributed by atoms with Crippen LogP contribution in [0.1, 0.15) is 116 Å². The summed E-state index contributed by atoms with van der Waals surface area (Å²) >= 11 is 0. The zero-order valence-electron chi connectivity index (χ0n) is 38.4. The first kappa shape index (κ1) is 43.4. The molecule has 0 radical (unpaired) electrons. The van der Waals surface area contributed by atoms with Gasteiger partial charge in [-0.25, -0.2) is 4.79 Å². The largest absolute Gasteiger partial charge is 0.492 e. The van der Waals surface area contributed by atoms with Crippen molar-refractivity contribution < 1.29 is 47.9 Å². The summed E-state index contributed by atoms with van der Waals surface area (Å²) in [7, 11) is 3.73. The molecule has 0 saturated heterocycles. The number of esters is 2. The Kier molecular flexibility index (Phi) is 10.4. The van der Waals surface area contributed by atoms with Crippen molar-refractivity contribution in [3.05, 3.63) is 77.4 Å². The lowest BCUT2D eigenvalue weighted by atomic mass is 9.77. The fourth-order valence-electron chi connectivity index (χ4n) is 12.9. The van der Waals surface area contributed by atoms with Crippen LogP contribution < -0.4 is 23.7 Å². The molecule has 6 unspecified atom stereocenters. The zero-order chi connectivity index (χ0) is 44.9. The van der Waals surface area contributed by atoms with Crippen LogP contribution >= 0.6 is 0 Å². The molecule has 1 N–H and O–H groups in total. The Balaban J connectivity index is 1.01. The summed E-state index contributed by atoms with van der Waals surface area (Å²) in [5, 5.41) is 10.5. The number of hydrogen-bond acceptors (Lipinski definition) is 10. The fraction of sp³-hybridized carbons (Fsp3) is 0.558.